The summed E-state index contributed by atoms with van der Waals surface area (Å²) in [6.45, 7) is 2.00. The van der Waals surface area contributed by atoms with Crippen LogP contribution in [0.3, 0.4) is 0 Å². The van der Waals surface area contributed by atoms with Gasteiger partial charge in [-0.3, -0.25) is 9.36 Å². The molecule has 0 bridgehead atoms. The molecule has 0 atom stereocenters. The first-order valence-corrected chi connectivity index (χ1v) is 6.69. The SMILES string of the molecule is CC1=CC(=O)n2c1c(-c1ccccc1)c1ccccc12. The number of hydrogen-bond acceptors (Lipinski definition) is 1. The molecule has 2 heteroatoms. The summed E-state index contributed by atoms with van der Waals surface area (Å²) in [6, 6.07) is 18.4. The Bertz CT molecular complexity index is 869. The number of rotatable bonds is 1. The van der Waals surface area contributed by atoms with Crippen LogP contribution in [0.25, 0.3) is 27.6 Å². The van der Waals surface area contributed by atoms with E-state index in [1.165, 1.54) is 0 Å². The zero-order chi connectivity index (χ0) is 13.7. The van der Waals surface area contributed by atoms with Gasteiger partial charge in [-0.25, -0.2) is 0 Å². The highest BCUT2D eigenvalue weighted by Gasteiger charge is 2.26. The minimum Gasteiger partial charge on any atom is -0.276 e. The van der Waals surface area contributed by atoms with E-state index in [0.717, 1.165) is 33.3 Å². The highest BCUT2D eigenvalue weighted by molar-refractivity contribution is 6.15. The zero-order valence-electron chi connectivity index (χ0n) is 11.1. The molecule has 0 amide bonds. The Morgan fingerprint density at radius 1 is 0.900 bits per heavy atom. The van der Waals surface area contributed by atoms with Crippen LogP contribution in [0.4, 0.5) is 0 Å². The lowest BCUT2D eigenvalue weighted by Crippen LogP contribution is -2.03. The van der Waals surface area contributed by atoms with E-state index in [1.54, 1.807) is 6.08 Å². The number of aromatic nitrogens is 1. The molecular weight excluding hydrogens is 246 g/mol. The molecule has 0 aliphatic carbocycles. The topological polar surface area (TPSA) is 22.0 Å². The summed E-state index contributed by atoms with van der Waals surface area (Å²) in [5.74, 6) is 0.0517. The average molecular weight is 259 g/mol. The third-order valence-electron chi connectivity index (χ3n) is 3.87. The van der Waals surface area contributed by atoms with E-state index in [0.29, 0.717) is 0 Å². The van der Waals surface area contributed by atoms with Crippen molar-refractivity contribution in [2.45, 2.75) is 6.92 Å². The van der Waals surface area contributed by atoms with E-state index < -0.39 is 0 Å². The maximum atomic E-state index is 12.2. The first-order valence-electron chi connectivity index (χ1n) is 6.69. The van der Waals surface area contributed by atoms with Gasteiger partial charge in [0.05, 0.1) is 11.2 Å². The van der Waals surface area contributed by atoms with Crippen molar-refractivity contribution in [1.82, 2.24) is 4.57 Å². The Balaban J connectivity index is 2.19. The van der Waals surface area contributed by atoms with Gasteiger partial charge >= 0.3 is 0 Å². The largest absolute Gasteiger partial charge is 0.276 e. The fraction of sp³-hybridized carbons (Fsp3) is 0.0556. The molecule has 2 aromatic carbocycles. The van der Waals surface area contributed by atoms with Crippen molar-refractivity contribution in [1.29, 1.82) is 0 Å². The van der Waals surface area contributed by atoms with Gasteiger partial charge in [0.1, 0.15) is 0 Å². The monoisotopic (exact) mass is 259 g/mol. The lowest BCUT2D eigenvalue weighted by molar-refractivity contribution is 0.0979. The number of nitrogens with zero attached hydrogens (tertiary/aromatic N) is 1. The Hall–Kier alpha value is -2.61. The van der Waals surface area contributed by atoms with E-state index in [9.17, 15) is 4.79 Å². The number of allylic oxidation sites excluding steroid dienone is 2. The molecule has 1 aliphatic heterocycles. The molecular formula is C18H13NO. The van der Waals surface area contributed by atoms with Crippen LogP contribution in [0.5, 0.6) is 0 Å². The van der Waals surface area contributed by atoms with Crippen molar-refractivity contribution in [3.63, 3.8) is 0 Å². The molecule has 0 fully saturated rings. The van der Waals surface area contributed by atoms with Gasteiger partial charge in [-0.2, -0.15) is 0 Å². The maximum Gasteiger partial charge on any atom is 0.255 e. The molecule has 2 nitrogen and oxygen atoms in total. The normalized spacial score (nSPS) is 13.7. The molecule has 20 heavy (non-hydrogen) atoms. The van der Waals surface area contributed by atoms with Gasteiger partial charge in [-0.05, 0) is 24.1 Å². The van der Waals surface area contributed by atoms with Gasteiger partial charge < -0.3 is 0 Å². The zero-order valence-corrected chi connectivity index (χ0v) is 11.1. The third kappa shape index (κ3) is 1.36. The molecule has 0 saturated carbocycles. The maximum absolute atomic E-state index is 12.2. The Kier molecular flexibility index (Phi) is 2.21. The van der Waals surface area contributed by atoms with Gasteiger partial charge in [-0.15, -0.1) is 0 Å². The minimum absolute atomic E-state index is 0.0517. The standard InChI is InChI=1S/C18H13NO/c1-12-11-16(20)19-15-10-6-5-9-14(15)17(18(12)19)13-7-3-2-4-8-13/h2-11H,1H3. The second-order valence-electron chi connectivity index (χ2n) is 5.11. The second-order valence-corrected chi connectivity index (χ2v) is 5.11. The molecule has 1 aromatic heterocycles. The van der Waals surface area contributed by atoms with Crippen molar-refractivity contribution in [3.8, 4) is 11.1 Å². The lowest BCUT2D eigenvalue weighted by atomic mass is 9.99. The summed E-state index contributed by atoms with van der Waals surface area (Å²) >= 11 is 0. The smallest absolute Gasteiger partial charge is 0.255 e. The summed E-state index contributed by atoms with van der Waals surface area (Å²) in [7, 11) is 0. The number of fused-ring (bicyclic) bond motifs is 3. The quantitative estimate of drug-likeness (QED) is 0.636. The summed E-state index contributed by atoms with van der Waals surface area (Å²) in [6.07, 6.45) is 1.72. The Morgan fingerprint density at radius 3 is 2.40 bits per heavy atom. The Morgan fingerprint density at radius 2 is 1.60 bits per heavy atom. The van der Waals surface area contributed by atoms with Crippen LogP contribution in [-0.2, 0) is 0 Å². The highest BCUT2D eigenvalue weighted by atomic mass is 16.2. The highest BCUT2D eigenvalue weighted by Crippen LogP contribution is 2.40. The molecule has 96 valence electrons. The minimum atomic E-state index is 0.0517. The number of hydrogen-bond donors (Lipinski definition) is 0. The van der Waals surface area contributed by atoms with Gasteiger partial charge in [0.25, 0.3) is 5.91 Å². The van der Waals surface area contributed by atoms with E-state index in [-0.39, 0.29) is 5.91 Å². The molecule has 0 unspecified atom stereocenters. The van der Waals surface area contributed by atoms with Crippen molar-refractivity contribution in [2.24, 2.45) is 0 Å². The molecule has 4 rings (SSSR count). The average Bonchev–Trinajstić information content (AvgIpc) is 2.96. The fourth-order valence-corrected chi connectivity index (χ4v) is 3.06. The summed E-state index contributed by atoms with van der Waals surface area (Å²) < 4.78 is 1.83. The van der Waals surface area contributed by atoms with Crippen LogP contribution in [0.1, 0.15) is 17.4 Å². The molecule has 3 aromatic rings. The molecule has 0 spiro atoms. The fourth-order valence-electron chi connectivity index (χ4n) is 3.06. The number of carbonyl (C=O) groups is 1. The summed E-state index contributed by atoms with van der Waals surface area (Å²) in [4.78, 5) is 12.2. The number of benzene rings is 2. The molecule has 0 radical (unpaired) electrons. The van der Waals surface area contributed by atoms with Gasteiger partial charge in [0.15, 0.2) is 0 Å². The summed E-state index contributed by atoms with van der Waals surface area (Å²) in [5, 5.41) is 1.13. The van der Waals surface area contributed by atoms with Crippen molar-refractivity contribution in [3.05, 3.63) is 66.4 Å². The van der Waals surface area contributed by atoms with Gasteiger partial charge in [-0.1, -0.05) is 48.5 Å². The van der Waals surface area contributed by atoms with Gasteiger partial charge in [0.2, 0.25) is 0 Å². The second kappa shape index (κ2) is 3.94. The lowest BCUT2D eigenvalue weighted by Gasteiger charge is -2.04. The molecule has 0 saturated heterocycles. The van der Waals surface area contributed by atoms with Crippen LogP contribution < -0.4 is 0 Å². The van der Waals surface area contributed by atoms with Crippen molar-refractivity contribution >= 4 is 22.4 Å². The van der Waals surface area contributed by atoms with Crippen LogP contribution in [0, 0.1) is 0 Å². The first-order chi connectivity index (χ1) is 9.77. The van der Waals surface area contributed by atoms with Crippen molar-refractivity contribution in [2.75, 3.05) is 0 Å². The van der Waals surface area contributed by atoms with E-state index in [1.807, 2.05) is 47.9 Å². The number of para-hydroxylation sites is 1. The number of carbonyl (C=O) groups excluding carboxylic acids is 1. The molecule has 2 heterocycles. The van der Waals surface area contributed by atoms with Crippen molar-refractivity contribution < 1.29 is 4.79 Å². The summed E-state index contributed by atoms with van der Waals surface area (Å²) in [5.41, 5.74) is 5.35. The van der Waals surface area contributed by atoms with Crippen LogP contribution in [0.2, 0.25) is 0 Å². The molecule has 1 aliphatic rings. The van der Waals surface area contributed by atoms with Crippen LogP contribution in [-0.4, -0.2) is 10.5 Å². The predicted octanol–water partition coefficient (Wildman–Crippen LogP) is 4.37. The van der Waals surface area contributed by atoms with Crippen LogP contribution >= 0.6 is 0 Å². The Labute approximate surface area is 117 Å². The van der Waals surface area contributed by atoms with E-state index in [4.69, 9.17) is 0 Å². The first kappa shape index (κ1) is 11.2. The van der Waals surface area contributed by atoms with Crippen LogP contribution in [0.15, 0.2) is 60.7 Å². The van der Waals surface area contributed by atoms with E-state index >= 15 is 0 Å². The molecule has 0 N–H and O–H groups in total. The van der Waals surface area contributed by atoms with E-state index in [2.05, 4.69) is 18.2 Å². The predicted molar refractivity (Wildman–Crippen MR) is 81.7 cm³/mol. The van der Waals surface area contributed by atoms with Gasteiger partial charge in [0, 0.05) is 17.0 Å². The third-order valence-corrected chi connectivity index (χ3v) is 3.87.